The predicted molar refractivity (Wildman–Crippen MR) is 48.3 cm³/mol. The Morgan fingerprint density at radius 3 is 3.00 bits per heavy atom. The first-order valence-electron chi connectivity index (χ1n) is 4.08. The molecule has 0 spiro atoms. The summed E-state index contributed by atoms with van der Waals surface area (Å²) in [5, 5.41) is 0. The highest BCUT2D eigenvalue weighted by Crippen LogP contribution is 2.27. The van der Waals surface area contributed by atoms with E-state index in [0.29, 0.717) is 5.92 Å². The topological polar surface area (TPSA) is 38.9 Å². The van der Waals surface area contributed by atoms with Crippen LogP contribution in [0, 0.1) is 17.8 Å². The van der Waals surface area contributed by atoms with E-state index in [2.05, 4.69) is 16.8 Å². The molecule has 2 heteroatoms. The fraction of sp³-hybridized carbons (Fsp3) is 0.300. The number of pyridine rings is 1. The minimum Gasteiger partial charge on any atom is -0.399 e. The predicted octanol–water partition coefficient (Wildman–Crippen LogP) is 1.43. The fourth-order valence-electron chi connectivity index (χ4n) is 0.919. The third-order valence-corrected chi connectivity index (χ3v) is 1.77. The maximum absolute atomic E-state index is 5.57. The van der Waals surface area contributed by atoms with E-state index < -0.39 is 0 Å². The summed E-state index contributed by atoms with van der Waals surface area (Å²) in [6.45, 7) is 0. The molecule has 12 heavy (non-hydrogen) atoms. The van der Waals surface area contributed by atoms with Gasteiger partial charge in [-0.1, -0.05) is 5.92 Å². The number of hydrogen-bond donors (Lipinski definition) is 1. The average molecular weight is 158 g/mol. The summed E-state index contributed by atoms with van der Waals surface area (Å²) >= 11 is 0. The van der Waals surface area contributed by atoms with Crippen LogP contribution < -0.4 is 5.73 Å². The summed E-state index contributed by atoms with van der Waals surface area (Å²) in [7, 11) is 0. The van der Waals surface area contributed by atoms with Gasteiger partial charge in [0.1, 0.15) is 5.69 Å². The van der Waals surface area contributed by atoms with Gasteiger partial charge in [-0.25, -0.2) is 4.98 Å². The molecular weight excluding hydrogens is 148 g/mol. The molecule has 0 aromatic carbocycles. The van der Waals surface area contributed by atoms with Gasteiger partial charge in [-0.15, -0.1) is 0 Å². The van der Waals surface area contributed by atoms with Gasteiger partial charge in [0, 0.05) is 17.8 Å². The van der Waals surface area contributed by atoms with Gasteiger partial charge >= 0.3 is 0 Å². The zero-order valence-electron chi connectivity index (χ0n) is 6.75. The number of aromatic nitrogens is 1. The van der Waals surface area contributed by atoms with Crippen LogP contribution in [0.1, 0.15) is 18.5 Å². The van der Waals surface area contributed by atoms with Crippen molar-refractivity contribution in [2.45, 2.75) is 12.8 Å². The van der Waals surface area contributed by atoms with Crippen molar-refractivity contribution in [2.24, 2.45) is 5.92 Å². The molecule has 0 atom stereocenters. The third kappa shape index (κ3) is 1.76. The second-order valence-corrected chi connectivity index (χ2v) is 3.02. The van der Waals surface area contributed by atoms with Crippen molar-refractivity contribution in [3.63, 3.8) is 0 Å². The van der Waals surface area contributed by atoms with Gasteiger partial charge in [0.15, 0.2) is 0 Å². The molecule has 0 unspecified atom stereocenters. The number of nitrogens with zero attached hydrogens (tertiary/aromatic N) is 1. The van der Waals surface area contributed by atoms with Crippen LogP contribution in [0.4, 0.5) is 5.69 Å². The van der Waals surface area contributed by atoms with Gasteiger partial charge in [0.25, 0.3) is 0 Å². The maximum atomic E-state index is 5.57. The van der Waals surface area contributed by atoms with Crippen molar-refractivity contribution in [3.8, 4) is 11.8 Å². The van der Waals surface area contributed by atoms with E-state index in [-0.39, 0.29) is 0 Å². The van der Waals surface area contributed by atoms with E-state index in [1.807, 2.05) is 0 Å². The summed E-state index contributed by atoms with van der Waals surface area (Å²) in [6.07, 6.45) is 4.18. The lowest BCUT2D eigenvalue weighted by Gasteiger charge is -1.90. The zero-order valence-corrected chi connectivity index (χ0v) is 6.75. The minimum atomic E-state index is 0.619. The lowest BCUT2D eigenvalue weighted by atomic mass is 10.3. The number of nitrogen functional groups attached to an aromatic ring is 1. The molecule has 1 aromatic heterocycles. The molecular formula is C10H10N2. The molecule has 0 radical (unpaired) electrons. The molecule has 1 saturated carbocycles. The Bertz CT molecular complexity index is 342. The molecule has 0 aliphatic heterocycles. The van der Waals surface area contributed by atoms with E-state index in [1.165, 1.54) is 12.8 Å². The standard InChI is InChI=1S/C10H10N2/c11-9-5-6-12-10(7-9)4-3-8-1-2-8/h5-8H,1-2H2,(H2,11,12). The van der Waals surface area contributed by atoms with Crippen LogP contribution in [-0.4, -0.2) is 4.98 Å². The Hall–Kier alpha value is -1.49. The quantitative estimate of drug-likeness (QED) is 0.580. The van der Waals surface area contributed by atoms with E-state index in [4.69, 9.17) is 5.73 Å². The SMILES string of the molecule is Nc1ccnc(C#CC2CC2)c1. The molecule has 0 saturated heterocycles. The molecule has 0 bridgehead atoms. The Balaban J connectivity index is 2.18. The summed E-state index contributed by atoms with van der Waals surface area (Å²) in [6, 6.07) is 3.57. The lowest BCUT2D eigenvalue weighted by molar-refractivity contribution is 1.18. The second-order valence-electron chi connectivity index (χ2n) is 3.02. The van der Waals surface area contributed by atoms with Crippen LogP contribution in [0.3, 0.4) is 0 Å². The second kappa shape index (κ2) is 2.86. The first kappa shape index (κ1) is 7.17. The minimum absolute atomic E-state index is 0.619. The van der Waals surface area contributed by atoms with Crippen LogP contribution in [0.25, 0.3) is 0 Å². The average Bonchev–Trinajstić information content (AvgIpc) is 2.84. The first-order chi connectivity index (χ1) is 5.84. The molecule has 2 N–H and O–H groups in total. The van der Waals surface area contributed by atoms with Gasteiger partial charge in [-0.05, 0) is 30.9 Å². The number of hydrogen-bond acceptors (Lipinski definition) is 2. The van der Waals surface area contributed by atoms with E-state index in [1.54, 1.807) is 18.3 Å². The Morgan fingerprint density at radius 1 is 1.50 bits per heavy atom. The van der Waals surface area contributed by atoms with Crippen LogP contribution >= 0.6 is 0 Å². The van der Waals surface area contributed by atoms with Gasteiger partial charge < -0.3 is 5.73 Å². The maximum Gasteiger partial charge on any atom is 0.115 e. The molecule has 2 nitrogen and oxygen atoms in total. The Morgan fingerprint density at radius 2 is 2.33 bits per heavy atom. The Kier molecular flexibility index (Phi) is 1.71. The van der Waals surface area contributed by atoms with Crippen molar-refractivity contribution < 1.29 is 0 Å². The lowest BCUT2D eigenvalue weighted by Crippen LogP contribution is -1.87. The zero-order chi connectivity index (χ0) is 8.39. The highest BCUT2D eigenvalue weighted by molar-refractivity contribution is 5.43. The summed E-state index contributed by atoms with van der Waals surface area (Å²) in [5.41, 5.74) is 7.08. The Labute approximate surface area is 71.8 Å². The van der Waals surface area contributed by atoms with Crippen molar-refractivity contribution >= 4 is 5.69 Å². The molecule has 0 amide bonds. The molecule has 1 fully saturated rings. The summed E-state index contributed by atoms with van der Waals surface area (Å²) in [4.78, 5) is 4.09. The molecule has 1 aromatic rings. The van der Waals surface area contributed by atoms with Crippen LogP contribution in [0.5, 0.6) is 0 Å². The molecule has 60 valence electrons. The third-order valence-electron chi connectivity index (χ3n) is 1.77. The van der Waals surface area contributed by atoms with Gasteiger partial charge in [-0.2, -0.15) is 0 Å². The highest BCUT2D eigenvalue weighted by Gasteiger charge is 2.17. The fourth-order valence-corrected chi connectivity index (χ4v) is 0.919. The van der Waals surface area contributed by atoms with Crippen LogP contribution in [-0.2, 0) is 0 Å². The van der Waals surface area contributed by atoms with Crippen molar-refractivity contribution in [1.82, 2.24) is 4.98 Å². The van der Waals surface area contributed by atoms with E-state index in [9.17, 15) is 0 Å². The number of nitrogens with two attached hydrogens (primary N) is 1. The number of anilines is 1. The van der Waals surface area contributed by atoms with Gasteiger partial charge in [0.2, 0.25) is 0 Å². The monoisotopic (exact) mass is 158 g/mol. The van der Waals surface area contributed by atoms with Crippen molar-refractivity contribution in [3.05, 3.63) is 24.0 Å². The van der Waals surface area contributed by atoms with E-state index >= 15 is 0 Å². The van der Waals surface area contributed by atoms with Crippen LogP contribution in [0.2, 0.25) is 0 Å². The normalized spacial score (nSPS) is 15.0. The molecule has 1 aliphatic rings. The van der Waals surface area contributed by atoms with Gasteiger partial charge in [0.05, 0.1) is 0 Å². The highest BCUT2D eigenvalue weighted by atomic mass is 14.7. The number of rotatable bonds is 0. The largest absolute Gasteiger partial charge is 0.399 e. The first-order valence-corrected chi connectivity index (χ1v) is 4.08. The van der Waals surface area contributed by atoms with Gasteiger partial charge in [-0.3, -0.25) is 0 Å². The van der Waals surface area contributed by atoms with E-state index in [0.717, 1.165) is 11.4 Å². The molecule has 2 rings (SSSR count). The summed E-state index contributed by atoms with van der Waals surface area (Å²) < 4.78 is 0. The van der Waals surface area contributed by atoms with Crippen molar-refractivity contribution in [1.29, 1.82) is 0 Å². The summed E-state index contributed by atoms with van der Waals surface area (Å²) in [5.74, 6) is 6.76. The van der Waals surface area contributed by atoms with Crippen LogP contribution in [0.15, 0.2) is 18.3 Å². The molecule has 1 aliphatic carbocycles. The molecule has 1 heterocycles. The smallest absolute Gasteiger partial charge is 0.115 e. The van der Waals surface area contributed by atoms with Crippen molar-refractivity contribution in [2.75, 3.05) is 5.73 Å².